The van der Waals surface area contributed by atoms with Crippen molar-refractivity contribution in [1.82, 2.24) is 10.2 Å². The predicted molar refractivity (Wildman–Crippen MR) is 70.3 cm³/mol. The van der Waals surface area contributed by atoms with Gasteiger partial charge in [0.2, 0.25) is 5.13 Å². The molecule has 0 aliphatic heterocycles. The van der Waals surface area contributed by atoms with Crippen LogP contribution in [-0.4, -0.2) is 27.2 Å². The van der Waals surface area contributed by atoms with Gasteiger partial charge in [-0.25, -0.2) is 0 Å². The molecule has 0 saturated heterocycles. The lowest BCUT2D eigenvalue weighted by atomic mass is 10.2. The maximum absolute atomic E-state index is 11.8. The highest BCUT2D eigenvalue weighted by atomic mass is 32.1. The molecule has 0 atom stereocenters. The number of benzene rings is 1. The molecule has 0 fully saturated rings. The van der Waals surface area contributed by atoms with E-state index in [1.807, 2.05) is 6.07 Å². The number of carboxylic acids is 1. The van der Waals surface area contributed by atoms with Gasteiger partial charge < -0.3 is 5.11 Å². The zero-order valence-corrected chi connectivity index (χ0v) is 10.7. The lowest BCUT2D eigenvalue weighted by Crippen LogP contribution is -2.11. The first kappa shape index (κ1) is 13.2. The molecule has 0 radical (unpaired) electrons. The molecular formula is C12H11N3O3S. The van der Waals surface area contributed by atoms with Crippen LogP contribution in [0.2, 0.25) is 0 Å². The number of carbonyl (C=O) groups excluding carboxylic acids is 1. The van der Waals surface area contributed by atoms with Gasteiger partial charge in [0, 0.05) is 12.0 Å². The van der Waals surface area contributed by atoms with Gasteiger partial charge in [0.05, 0.1) is 6.42 Å². The Labute approximate surface area is 113 Å². The summed E-state index contributed by atoms with van der Waals surface area (Å²) in [5.41, 5.74) is 0.532. The van der Waals surface area contributed by atoms with E-state index in [9.17, 15) is 9.59 Å². The number of aryl methyl sites for hydroxylation is 1. The van der Waals surface area contributed by atoms with Crippen LogP contribution in [0.25, 0.3) is 0 Å². The quantitative estimate of drug-likeness (QED) is 0.869. The fraction of sp³-hybridized carbons (Fsp3) is 0.167. The van der Waals surface area contributed by atoms with Crippen LogP contribution >= 0.6 is 11.3 Å². The molecule has 98 valence electrons. The van der Waals surface area contributed by atoms with Gasteiger partial charge in [-0.3, -0.25) is 14.9 Å². The predicted octanol–water partition coefficient (Wildman–Crippen LogP) is 1.81. The average Bonchev–Trinajstić information content (AvgIpc) is 2.85. The highest BCUT2D eigenvalue weighted by molar-refractivity contribution is 7.15. The fourth-order valence-electron chi connectivity index (χ4n) is 1.38. The number of aromatic nitrogens is 2. The number of hydrogen-bond donors (Lipinski definition) is 2. The Kier molecular flexibility index (Phi) is 4.19. The van der Waals surface area contributed by atoms with Crippen LogP contribution < -0.4 is 5.32 Å². The molecule has 0 saturated carbocycles. The first-order valence-electron chi connectivity index (χ1n) is 5.56. The summed E-state index contributed by atoms with van der Waals surface area (Å²) in [6.45, 7) is 0. The molecule has 2 N–H and O–H groups in total. The van der Waals surface area contributed by atoms with E-state index in [-0.39, 0.29) is 12.3 Å². The molecule has 0 aliphatic carbocycles. The van der Waals surface area contributed by atoms with E-state index in [1.54, 1.807) is 24.3 Å². The Morgan fingerprint density at radius 2 is 1.95 bits per heavy atom. The Morgan fingerprint density at radius 3 is 2.63 bits per heavy atom. The zero-order chi connectivity index (χ0) is 13.7. The van der Waals surface area contributed by atoms with E-state index >= 15 is 0 Å². The van der Waals surface area contributed by atoms with E-state index in [2.05, 4.69) is 15.5 Å². The van der Waals surface area contributed by atoms with Crippen LogP contribution in [0.15, 0.2) is 30.3 Å². The molecule has 2 aromatic rings. The average molecular weight is 277 g/mol. The molecule has 1 aromatic carbocycles. The number of nitrogens with one attached hydrogen (secondary N) is 1. The fourth-order valence-corrected chi connectivity index (χ4v) is 2.11. The molecule has 0 spiro atoms. The molecule has 1 heterocycles. The second kappa shape index (κ2) is 6.05. The van der Waals surface area contributed by atoms with Crippen LogP contribution in [0.4, 0.5) is 5.13 Å². The summed E-state index contributed by atoms with van der Waals surface area (Å²) in [6.07, 6.45) is 0.315. The SMILES string of the molecule is O=C(O)CCc1nnc(NC(=O)c2ccccc2)s1. The maximum atomic E-state index is 11.8. The molecule has 19 heavy (non-hydrogen) atoms. The number of anilines is 1. The summed E-state index contributed by atoms with van der Waals surface area (Å²) in [7, 11) is 0. The second-order valence-corrected chi connectivity index (χ2v) is 4.78. The lowest BCUT2D eigenvalue weighted by Gasteiger charge is -1.99. The Balaban J connectivity index is 1.96. The van der Waals surface area contributed by atoms with Gasteiger partial charge >= 0.3 is 5.97 Å². The third-order valence-electron chi connectivity index (χ3n) is 2.28. The number of carbonyl (C=O) groups is 2. The third-order valence-corrected chi connectivity index (χ3v) is 3.17. The van der Waals surface area contributed by atoms with Crippen molar-refractivity contribution in [2.24, 2.45) is 0 Å². The summed E-state index contributed by atoms with van der Waals surface area (Å²) in [6, 6.07) is 8.76. The molecule has 0 aliphatic rings. The van der Waals surface area contributed by atoms with E-state index < -0.39 is 5.97 Å². The van der Waals surface area contributed by atoms with Crippen LogP contribution in [-0.2, 0) is 11.2 Å². The Hall–Kier alpha value is -2.28. The Bertz CT molecular complexity index is 583. The number of amides is 1. The van der Waals surface area contributed by atoms with Crippen molar-refractivity contribution in [3.63, 3.8) is 0 Å². The molecule has 0 bridgehead atoms. The minimum absolute atomic E-state index is 0.00125. The van der Waals surface area contributed by atoms with E-state index in [0.29, 0.717) is 22.1 Å². The molecule has 0 unspecified atom stereocenters. The summed E-state index contributed by atoms with van der Waals surface area (Å²) < 4.78 is 0. The number of aliphatic carboxylic acids is 1. The Morgan fingerprint density at radius 1 is 1.21 bits per heavy atom. The van der Waals surface area contributed by atoms with Crippen molar-refractivity contribution >= 4 is 28.3 Å². The van der Waals surface area contributed by atoms with Gasteiger partial charge in [0.15, 0.2) is 0 Å². The van der Waals surface area contributed by atoms with Crippen molar-refractivity contribution in [2.75, 3.05) is 5.32 Å². The largest absolute Gasteiger partial charge is 0.481 e. The number of hydrogen-bond acceptors (Lipinski definition) is 5. The maximum Gasteiger partial charge on any atom is 0.303 e. The van der Waals surface area contributed by atoms with E-state index in [4.69, 9.17) is 5.11 Å². The first-order valence-corrected chi connectivity index (χ1v) is 6.37. The molecule has 7 heteroatoms. The van der Waals surface area contributed by atoms with Crippen LogP contribution in [0, 0.1) is 0 Å². The van der Waals surface area contributed by atoms with Crippen LogP contribution in [0.5, 0.6) is 0 Å². The number of rotatable bonds is 5. The minimum atomic E-state index is -0.884. The van der Waals surface area contributed by atoms with Crippen molar-refractivity contribution < 1.29 is 14.7 Å². The van der Waals surface area contributed by atoms with Crippen LogP contribution in [0.3, 0.4) is 0 Å². The minimum Gasteiger partial charge on any atom is -0.481 e. The van der Waals surface area contributed by atoms with Gasteiger partial charge in [0.25, 0.3) is 5.91 Å². The summed E-state index contributed by atoms with van der Waals surface area (Å²) in [4.78, 5) is 22.3. The molecule has 2 rings (SSSR count). The van der Waals surface area contributed by atoms with Crippen molar-refractivity contribution in [3.8, 4) is 0 Å². The summed E-state index contributed by atoms with van der Waals surface area (Å²) >= 11 is 1.18. The summed E-state index contributed by atoms with van der Waals surface area (Å²) in [5.74, 6) is -1.15. The zero-order valence-electron chi connectivity index (χ0n) is 9.87. The van der Waals surface area contributed by atoms with E-state index in [1.165, 1.54) is 11.3 Å². The van der Waals surface area contributed by atoms with Gasteiger partial charge in [-0.1, -0.05) is 29.5 Å². The van der Waals surface area contributed by atoms with Crippen molar-refractivity contribution in [1.29, 1.82) is 0 Å². The topological polar surface area (TPSA) is 92.2 Å². The molecule has 1 amide bonds. The van der Waals surface area contributed by atoms with Crippen molar-refractivity contribution in [3.05, 3.63) is 40.9 Å². The highest BCUT2D eigenvalue weighted by Gasteiger charge is 2.10. The monoisotopic (exact) mass is 277 g/mol. The standard InChI is InChI=1S/C12H11N3O3S/c16-10(17)7-6-9-14-15-12(19-9)13-11(18)8-4-2-1-3-5-8/h1-5H,6-7H2,(H,16,17)(H,13,15,18). The third kappa shape index (κ3) is 3.85. The molecular weight excluding hydrogens is 266 g/mol. The first-order chi connectivity index (χ1) is 9.15. The van der Waals surface area contributed by atoms with Gasteiger partial charge in [0.1, 0.15) is 5.01 Å². The smallest absolute Gasteiger partial charge is 0.303 e. The van der Waals surface area contributed by atoms with Crippen LogP contribution in [0.1, 0.15) is 21.8 Å². The highest BCUT2D eigenvalue weighted by Crippen LogP contribution is 2.17. The number of carboxylic acid groups (broad SMARTS) is 1. The number of nitrogens with zero attached hydrogens (tertiary/aromatic N) is 2. The van der Waals surface area contributed by atoms with Crippen molar-refractivity contribution in [2.45, 2.75) is 12.8 Å². The molecule has 1 aromatic heterocycles. The van der Waals surface area contributed by atoms with Gasteiger partial charge in [-0.05, 0) is 12.1 Å². The normalized spacial score (nSPS) is 10.1. The summed E-state index contributed by atoms with van der Waals surface area (Å²) in [5, 5.41) is 19.8. The van der Waals surface area contributed by atoms with Gasteiger partial charge in [-0.2, -0.15) is 0 Å². The molecule has 6 nitrogen and oxygen atoms in total. The van der Waals surface area contributed by atoms with Gasteiger partial charge in [-0.15, -0.1) is 10.2 Å². The lowest BCUT2D eigenvalue weighted by molar-refractivity contribution is -0.136. The van der Waals surface area contributed by atoms with E-state index in [0.717, 1.165) is 0 Å². The second-order valence-electron chi connectivity index (χ2n) is 3.71.